The molecule has 0 saturated carbocycles. The molecule has 180 valence electrons. The number of fused-ring (bicyclic) bond motifs is 3. The molecule has 3 aromatic heterocycles. The fourth-order valence-corrected chi connectivity index (χ4v) is 4.28. The van der Waals surface area contributed by atoms with Gasteiger partial charge in [-0.3, -0.25) is 14.0 Å². The molecular formula is C25H30N4O5. The molecule has 0 aliphatic heterocycles. The van der Waals surface area contributed by atoms with Gasteiger partial charge in [-0.1, -0.05) is 19.9 Å². The molecule has 0 bridgehead atoms. The second kappa shape index (κ2) is 9.62. The van der Waals surface area contributed by atoms with Gasteiger partial charge in [0.25, 0.3) is 5.56 Å². The molecule has 0 saturated heterocycles. The van der Waals surface area contributed by atoms with Crippen molar-refractivity contribution in [3.8, 4) is 11.5 Å². The quantitative estimate of drug-likeness (QED) is 0.406. The number of benzene rings is 1. The first kappa shape index (κ1) is 23.4. The fourth-order valence-electron chi connectivity index (χ4n) is 4.28. The smallest absolute Gasteiger partial charge is 0.291 e. The normalized spacial score (nSPS) is 12.3. The number of rotatable bonds is 9. The maximum absolute atomic E-state index is 13.3. The van der Waals surface area contributed by atoms with Gasteiger partial charge in [0, 0.05) is 25.1 Å². The average molecular weight is 467 g/mol. The number of methoxy groups -OCH3 is 2. The first-order chi connectivity index (χ1) is 16.4. The lowest BCUT2D eigenvalue weighted by atomic mass is 10.1. The van der Waals surface area contributed by atoms with Crippen molar-refractivity contribution >= 4 is 22.5 Å². The molecule has 34 heavy (non-hydrogen) atoms. The van der Waals surface area contributed by atoms with Crippen molar-refractivity contribution in [2.24, 2.45) is 0 Å². The molecule has 3 heterocycles. The number of carbonyl (C=O) groups excluding carboxylic acids is 1. The summed E-state index contributed by atoms with van der Waals surface area (Å²) in [5, 5.41) is 7.54. The highest BCUT2D eigenvalue weighted by Gasteiger charge is 2.24. The Morgan fingerprint density at radius 2 is 1.88 bits per heavy atom. The number of ether oxygens (including phenoxy) is 2. The SMILES string of the molecule is CCc1nn(C(CC)C(=O)NCCc2ccc(OC)c(OC)c2)c(=O)c2cc3oc(C)cc3n12. The van der Waals surface area contributed by atoms with Gasteiger partial charge in [-0.15, -0.1) is 0 Å². The Kier molecular flexibility index (Phi) is 6.63. The number of nitrogens with zero attached hydrogens (tertiary/aromatic N) is 3. The molecule has 0 spiro atoms. The van der Waals surface area contributed by atoms with Crippen LogP contribution in [0.5, 0.6) is 11.5 Å². The highest BCUT2D eigenvalue weighted by molar-refractivity contribution is 5.84. The molecule has 9 heteroatoms. The summed E-state index contributed by atoms with van der Waals surface area (Å²) >= 11 is 0. The zero-order chi connectivity index (χ0) is 24.4. The minimum absolute atomic E-state index is 0.241. The van der Waals surface area contributed by atoms with Crippen LogP contribution >= 0.6 is 0 Å². The zero-order valence-electron chi connectivity index (χ0n) is 20.2. The lowest BCUT2D eigenvalue weighted by Gasteiger charge is -2.18. The zero-order valence-corrected chi connectivity index (χ0v) is 20.2. The summed E-state index contributed by atoms with van der Waals surface area (Å²) in [6, 6.07) is 8.57. The number of carbonyl (C=O) groups is 1. The van der Waals surface area contributed by atoms with Crippen molar-refractivity contribution in [1.29, 1.82) is 0 Å². The fraction of sp³-hybridized carbons (Fsp3) is 0.400. The van der Waals surface area contributed by atoms with E-state index in [2.05, 4.69) is 10.4 Å². The topological polar surface area (TPSA) is 100 Å². The molecule has 0 aliphatic rings. The largest absolute Gasteiger partial charge is 0.493 e. The van der Waals surface area contributed by atoms with E-state index in [9.17, 15) is 9.59 Å². The molecule has 4 aromatic rings. The van der Waals surface area contributed by atoms with Crippen molar-refractivity contribution < 1.29 is 18.7 Å². The Morgan fingerprint density at radius 1 is 1.12 bits per heavy atom. The number of hydrogen-bond acceptors (Lipinski definition) is 6. The Labute approximate surface area is 197 Å². The van der Waals surface area contributed by atoms with Gasteiger partial charge >= 0.3 is 0 Å². The van der Waals surface area contributed by atoms with Crippen LogP contribution in [0, 0.1) is 6.92 Å². The van der Waals surface area contributed by atoms with Gasteiger partial charge in [-0.25, -0.2) is 4.68 Å². The van der Waals surface area contributed by atoms with Gasteiger partial charge in [-0.2, -0.15) is 5.10 Å². The second-order valence-corrected chi connectivity index (χ2v) is 8.15. The number of furan rings is 1. The Morgan fingerprint density at radius 3 is 2.56 bits per heavy atom. The van der Waals surface area contributed by atoms with E-state index < -0.39 is 6.04 Å². The van der Waals surface area contributed by atoms with E-state index in [1.54, 1.807) is 20.3 Å². The number of nitrogens with one attached hydrogen (secondary N) is 1. The van der Waals surface area contributed by atoms with Crippen molar-refractivity contribution in [2.45, 2.75) is 46.1 Å². The van der Waals surface area contributed by atoms with Gasteiger partial charge in [0.05, 0.1) is 19.7 Å². The summed E-state index contributed by atoms with van der Waals surface area (Å²) in [5.41, 5.74) is 2.59. The molecule has 1 amide bonds. The van der Waals surface area contributed by atoms with Crippen LogP contribution in [0.3, 0.4) is 0 Å². The summed E-state index contributed by atoms with van der Waals surface area (Å²) < 4.78 is 19.5. The van der Waals surface area contributed by atoms with Crippen LogP contribution in [0.1, 0.15) is 43.5 Å². The molecule has 1 N–H and O–H groups in total. The maximum Gasteiger partial charge on any atom is 0.291 e. The van der Waals surface area contributed by atoms with E-state index in [0.29, 0.717) is 54.2 Å². The van der Waals surface area contributed by atoms with Crippen molar-refractivity contribution in [1.82, 2.24) is 19.5 Å². The van der Waals surface area contributed by atoms with Crippen LogP contribution in [0.25, 0.3) is 16.6 Å². The van der Waals surface area contributed by atoms with Crippen molar-refractivity contribution in [3.63, 3.8) is 0 Å². The summed E-state index contributed by atoms with van der Waals surface area (Å²) in [4.78, 5) is 26.4. The summed E-state index contributed by atoms with van der Waals surface area (Å²) in [6.45, 7) is 6.13. The van der Waals surface area contributed by atoms with Gasteiger partial charge in [0.15, 0.2) is 17.1 Å². The summed E-state index contributed by atoms with van der Waals surface area (Å²) in [7, 11) is 3.18. The van der Waals surface area contributed by atoms with Crippen LogP contribution in [-0.2, 0) is 17.6 Å². The molecule has 1 unspecified atom stereocenters. The van der Waals surface area contributed by atoms with Crippen LogP contribution in [0.4, 0.5) is 0 Å². The number of aromatic nitrogens is 3. The third kappa shape index (κ3) is 4.13. The number of aryl methyl sites for hydroxylation is 2. The van der Waals surface area contributed by atoms with Crippen LogP contribution in [0.2, 0.25) is 0 Å². The van der Waals surface area contributed by atoms with Crippen molar-refractivity contribution in [3.05, 3.63) is 57.8 Å². The van der Waals surface area contributed by atoms with E-state index in [0.717, 1.165) is 16.8 Å². The van der Waals surface area contributed by atoms with E-state index >= 15 is 0 Å². The predicted octanol–water partition coefficient (Wildman–Crippen LogP) is 3.44. The van der Waals surface area contributed by atoms with E-state index in [-0.39, 0.29) is 11.5 Å². The molecule has 9 nitrogen and oxygen atoms in total. The van der Waals surface area contributed by atoms with Crippen LogP contribution in [-0.4, -0.2) is 40.9 Å². The van der Waals surface area contributed by atoms with Gasteiger partial charge in [0.1, 0.15) is 23.1 Å². The van der Waals surface area contributed by atoms with Crippen LogP contribution in [0.15, 0.2) is 39.5 Å². The lowest BCUT2D eigenvalue weighted by molar-refractivity contribution is -0.124. The standard InChI is InChI=1S/C25H30N4O5/c1-6-17(24(30)26-11-10-16-8-9-20(32-4)22(13-16)33-5)29-25(31)19-14-21-18(12-15(3)34-21)28(19)23(7-2)27-29/h8-9,12-14,17H,6-7,10-11H2,1-5H3,(H,26,30). The summed E-state index contributed by atoms with van der Waals surface area (Å²) in [5.74, 6) is 2.52. The highest BCUT2D eigenvalue weighted by Crippen LogP contribution is 2.27. The van der Waals surface area contributed by atoms with Gasteiger partial charge in [0.2, 0.25) is 5.91 Å². The molecule has 1 aromatic carbocycles. The number of amides is 1. The third-order valence-corrected chi connectivity index (χ3v) is 5.98. The minimum atomic E-state index is -0.712. The molecule has 0 fully saturated rings. The third-order valence-electron chi connectivity index (χ3n) is 5.98. The monoisotopic (exact) mass is 466 g/mol. The molecular weight excluding hydrogens is 436 g/mol. The predicted molar refractivity (Wildman–Crippen MR) is 129 cm³/mol. The Hall–Kier alpha value is -3.75. The van der Waals surface area contributed by atoms with Crippen molar-refractivity contribution in [2.75, 3.05) is 20.8 Å². The molecule has 0 radical (unpaired) electrons. The molecule has 0 aliphatic carbocycles. The van der Waals surface area contributed by atoms with Gasteiger partial charge in [-0.05, 0) is 37.5 Å². The summed E-state index contributed by atoms with van der Waals surface area (Å²) in [6.07, 6.45) is 1.64. The van der Waals surface area contributed by atoms with Crippen LogP contribution < -0.4 is 20.3 Å². The van der Waals surface area contributed by atoms with Gasteiger partial charge < -0.3 is 19.2 Å². The first-order valence-electron chi connectivity index (χ1n) is 11.4. The number of hydrogen-bond donors (Lipinski definition) is 1. The van der Waals surface area contributed by atoms with E-state index in [1.807, 2.05) is 49.4 Å². The maximum atomic E-state index is 13.3. The minimum Gasteiger partial charge on any atom is -0.493 e. The van der Waals surface area contributed by atoms with E-state index in [1.165, 1.54) is 4.68 Å². The Bertz CT molecular complexity index is 1400. The lowest BCUT2D eigenvalue weighted by Crippen LogP contribution is -2.40. The first-order valence-corrected chi connectivity index (χ1v) is 11.4. The second-order valence-electron chi connectivity index (χ2n) is 8.15. The average Bonchev–Trinajstić information content (AvgIpc) is 3.37. The Balaban J connectivity index is 1.57. The van der Waals surface area contributed by atoms with E-state index in [4.69, 9.17) is 13.9 Å². The molecule has 4 rings (SSSR count). The highest BCUT2D eigenvalue weighted by atomic mass is 16.5. The molecule has 1 atom stereocenters.